The molecule has 29 heavy (non-hydrogen) atoms. The molecule has 1 aromatic carbocycles. The third-order valence-corrected chi connectivity index (χ3v) is 5.69. The normalized spacial score (nSPS) is 15.1. The van der Waals surface area contributed by atoms with Gasteiger partial charge in [-0.1, -0.05) is 31.0 Å². The van der Waals surface area contributed by atoms with Crippen molar-refractivity contribution in [3.05, 3.63) is 40.4 Å². The summed E-state index contributed by atoms with van der Waals surface area (Å²) in [6.45, 7) is 11.5. The molecule has 1 aliphatic rings. The maximum absolute atomic E-state index is 6.22. The lowest BCUT2D eigenvalue weighted by Gasteiger charge is -2.38. The zero-order valence-electron chi connectivity index (χ0n) is 18.0. The van der Waals surface area contributed by atoms with Crippen molar-refractivity contribution < 1.29 is 0 Å². The zero-order valence-corrected chi connectivity index (χ0v) is 18.7. The van der Waals surface area contributed by atoms with E-state index in [0.29, 0.717) is 6.54 Å². The first-order valence-corrected chi connectivity index (χ1v) is 10.8. The van der Waals surface area contributed by atoms with Crippen molar-refractivity contribution in [2.75, 3.05) is 37.6 Å². The quantitative estimate of drug-likeness (QED) is 0.444. The third kappa shape index (κ3) is 5.41. The van der Waals surface area contributed by atoms with E-state index < -0.39 is 0 Å². The van der Waals surface area contributed by atoms with E-state index in [1.165, 1.54) is 11.3 Å². The van der Waals surface area contributed by atoms with Crippen molar-refractivity contribution in [2.45, 2.75) is 40.2 Å². The molecule has 0 unspecified atom stereocenters. The highest BCUT2D eigenvalue weighted by Gasteiger charge is 2.21. The Morgan fingerprint density at radius 3 is 2.59 bits per heavy atom. The van der Waals surface area contributed by atoms with Gasteiger partial charge in [0.1, 0.15) is 12.4 Å². The number of piperazine rings is 1. The minimum absolute atomic E-state index is 0.527. The summed E-state index contributed by atoms with van der Waals surface area (Å²) in [5.74, 6) is 2.74. The molecule has 0 amide bonds. The van der Waals surface area contributed by atoms with E-state index in [0.717, 1.165) is 68.2 Å². The topological polar surface area (TPSA) is 61.6 Å². The molecule has 1 saturated heterocycles. The highest BCUT2D eigenvalue weighted by atomic mass is 35.5. The molecule has 1 aliphatic heterocycles. The number of nitrogens with zero attached hydrogens (tertiary/aromatic N) is 6. The number of aromatic nitrogens is 3. The molecule has 1 aromatic heterocycles. The van der Waals surface area contributed by atoms with E-state index in [2.05, 4.69) is 51.3 Å². The number of hydrogen-bond acceptors (Lipinski definition) is 4. The summed E-state index contributed by atoms with van der Waals surface area (Å²) in [5.41, 5.74) is 2.49. The van der Waals surface area contributed by atoms with Crippen LogP contribution in [-0.2, 0) is 13.6 Å². The molecule has 158 valence electrons. The first-order valence-electron chi connectivity index (χ1n) is 10.4. The molecule has 0 radical (unpaired) electrons. The summed E-state index contributed by atoms with van der Waals surface area (Å²) in [5, 5.41) is 12.7. The van der Waals surface area contributed by atoms with E-state index >= 15 is 0 Å². The van der Waals surface area contributed by atoms with Gasteiger partial charge in [0.05, 0.1) is 0 Å². The lowest BCUT2D eigenvalue weighted by atomic mass is 10.1. The molecular formula is C21H32ClN7. The van der Waals surface area contributed by atoms with E-state index in [9.17, 15) is 0 Å². The fourth-order valence-corrected chi connectivity index (χ4v) is 3.63. The van der Waals surface area contributed by atoms with Crippen LogP contribution >= 0.6 is 11.6 Å². The number of anilines is 1. The van der Waals surface area contributed by atoms with Crippen LogP contribution in [0.15, 0.2) is 23.2 Å². The number of unbranched alkanes of at least 4 members (excludes halogenated alkanes) is 1. The molecule has 7 nitrogen and oxygen atoms in total. The van der Waals surface area contributed by atoms with Crippen LogP contribution in [-0.4, -0.2) is 58.3 Å². The van der Waals surface area contributed by atoms with Crippen LogP contribution in [0, 0.1) is 13.8 Å². The van der Waals surface area contributed by atoms with Gasteiger partial charge in [0.25, 0.3) is 0 Å². The van der Waals surface area contributed by atoms with E-state index in [1.807, 2.05) is 24.6 Å². The SMILES string of the molecule is CCCCNC(=NCc1nnc(C)n1C)N1CCN(c2cc(Cl)ccc2C)CC1. The van der Waals surface area contributed by atoms with E-state index in [4.69, 9.17) is 16.6 Å². The molecule has 2 heterocycles. The lowest BCUT2D eigenvalue weighted by Crippen LogP contribution is -2.52. The van der Waals surface area contributed by atoms with Crippen LogP contribution < -0.4 is 10.2 Å². The Hall–Kier alpha value is -2.28. The van der Waals surface area contributed by atoms with Crippen LogP contribution in [0.25, 0.3) is 0 Å². The zero-order chi connectivity index (χ0) is 20.8. The van der Waals surface area contributed by atoms with Gasteiger partial charge in [0.2, 0.25) is 0 Å². The molecule has 0 spiro atoms. The molecule has 1 fully saturated rings. The summed E-state index contributed by atoms with van der Waals surface area (Å²) >= 11 is 6.22. The molecule has 2 aromatic rings. The summed E-state index contributed by atoms with van der Waals surface area (Å²) in [6.07, 6.45) is 2.29. The molecule has 0 aliphatic carbocycles. The van der Waals surface area contributed by atoms with Gasteiger partial charge in [-0.05, 0) is 38.0 Å². The van der Waals surface area contributed by atoms with Crippen LogP contribution in [0.2, 0.25) is 5.02 Å². The Morgan fingerprint density at radius 1 is 1.17 bits per heavy atom. The van der Waals surface area contributed by atoms with Gasteiger partial charge in [-0.2, -0.15) is 0 Å². The molecule has 3 rings (SSSR count). The fraction of sp³-hybridized carbons (Fsp3) is 0.571. The Kier molecular flexibility index (Phi) is 7.36. The average Bonchev–Trinajstić information content (AvgIpc) is 3.05. The predicted octanol–water partition coefficient (Wildman–Crippen LogP) is 3.15. The first-order chi connectivity index (χ1) is 14.0. The van der Waals surface area contributed by atoms with Crippen molar-refractivity contribution in [2.24, 2.45) is 12.0 Å². The number of halogens is 1. The van der Waals surface area contributed by atoms with Crippen LogP contribution in [0.3, 0.4) is 0 Å². The number of guanidine groups is 1. The number of nitrogens with one attached hydrogen (secondary N) is 1. The Labute approximate surface area is 178 Å². The van der Waals surface area contributed by atoms with Gasteiger partial charge in [0.15, 0.2) is 11.8 Å². The number of aliphatic imine (C=N–C) groups is 1. The molecule has 1 N–H and O–H groups in total. The summed E-state index contributed by atoms with van der Waals surface area (Å²) < 4.78 is 1.99. The van der Waals surface area contributed by atoms with Gasteiger partial charge in [0, 0.05) is 50.5 Å². The van der Waals surface area contributed by atoms with Crippen molar-refractivity contribution >= 4 is 23.2 Å². The second-order valence-corrected chi connectivity index (χ2v) is 7.98. The van der Waals surface area contributed by atoms with E-state index in [-0.39, 0.29) is 0 Å². The maximum Gasteiger partial charge on any atom is 0.194 e. The molecule has 8 heteroatoms. The molecule has 0 bridgehead atoms. The van der Waals surface area contributed by atoms with Gasteiger partial charge in [-0.15, -0.1) is 10.2 Å². The minimum Gasteiger partial charge on any atom is -0.368 e. The lowest BCUT2D eigenvalue weighted by molar-refractivity contribution is 0.371. The summed E-state index contributed by atoms with van der Waals surface area (Å²) in [6, 6.07) is 6.11. The van der Waals surface area contributed by atoms with Gasteiger partial charge >= 0.3 is 0 Å². The van der Waals surface area contributed by atoms with Gasteiger partial charge < -0.3 is 19.7 Å². The van der Waals surface area contributed by atoms with Crippen molar-refractivity contribution in [3.63, 3.8) is 0 Å². The smallest absolute Gasteiger partial charge is 0.194 e. The minimum atomic E-state index is 0.527. The first kappa shape index (κ1) is 21.4. The Morgan fingerprint density at radius 2 is 1.93 bits per heavy atom. The van der Waals surface area contributed by atoms with Crippen molar-refractivity contribution in [1.29, 1.82) is 0 Å². The summed E-state index contributed by atoms with van der Waals surface area (Å²) in [7, 11) is 1.98. The number of hydrogen-bond donors (Lipinski definition) is 1. The van der Waals surface area contributed by atoms with Crippen LogP contribution in [0.1, 0.15) is 37.0 Å². The van der Waals surface area contributed by atoms with Crippen LogP contribution in [0.4, 0.5) is 5.69 Å². The molecular weight excluding hydrogens is 386 g/mol. The predicted molar refractivity (Wildman–Crippen MR) is 120 cm³/mol. The van der Waals surface area contributed by atoms with Crippen molar-refractivity contribution in [3.8, 4) is 0 Å². The molecule has 0 saturated carbocycles. The van der Waals surface area contributed by atoms with Gasteiger partial charge in [-0.25, -0.2) is 4.99 Å². The second-order valence-electron chi connectivity index (χ2n) is 7.55. The standard InChI is InChI=1S/C21H32ClN7/c1-5-6-9-23-21(24-15-20-26-25-17(3)27(20)4)29-12-10-28(11-13-29)19-14-18(22)8-7-16(19)2/h7-8,14H,5-6,9-13,15H2,1-4H3,(H,23,24). The Balaban J connectivity index is 1.67. The van der Waals surface area contributed by atoms with Gasteiger partial charge in [-0.3, -0.25) is 0 Å². The fourth-order valence-electron chi connectivity index (χ4n) is 3.46. The number of rotatable bonds is 6. The van der Waals surface area contributed by atoms with Crippen LogP contribution in [0.5, 0.6) is 0 Å². The Bertz CT molecular complexity index is 838. The monoisotopic (exact) mass is 417 g/mol. The third-order valence-electron chi connectivity index (χ3n) is 5.46. The number of aryl methyl sites for hydroxylation is 2. The molecule has 0 atom stereocenters. The van der Waals surface area contributed by atoms with E-state index in [1.54, 1.807) is 0 Å². The number of benzene rings is 1. The highest BCUT2D eigenvalue weighted by Crippen LogP contribution is 2.25. The highest BCUT2D eigenvalue weighted by molar-refractivity contribution is 6.30. The average molecular weight is 418 g/mol. The maximum atomic E-state index is 6.22. The second kappa shape index (κ2) is 9.96. The largest absolute Gasteiger partial charge is 0.368 e. The van der Waals surface area contributed by atoms with Crippen molar-refractivity contribution in [1.82, 2.24) is 25.0 Å². The summed E-state index contributed by atoms with van der Waals surface area (Å²) in [4.78, 5) is 9.61.